The SMILES string of the molecule is C/C=C\C(=O)/C(C)=C\C=C/CCC. The van der Waals surface area contributed by atoms with E-state index in [9.17, 15) is 4.79 Å². The zero-order valence-corrected chi connectivity index (χ0v) is 8.71. The molecule has 0 radical (unpaired) electrons. The Kier molecular flexibility index (Phi) is 6.89. The Hall–Kier alpha value is -1.11. The highest BCUT2D eigenvalue weighted by molar-refractivity contribution is 6.03. The summed E-state index contributed by atoms with van der Waals surface area (Å²) in [5, 5.41) is 0. The second kappa shape index (κ2) is 7.53. The van der Waals surface area contributed by atoms with Gasteiger partial charge in [0.05, 0.1) is 0 Å². The molecule has 0 rings (SSSR count). The number of carbonyl (C=O) groups excluding carboxylic acids is 1. The molecule has 72 valence electrons. The van der Waals surface area contributed by atoms with Gasteiger partial charge in [-0.2, -0.15) is 0 Å². The summed E-state index contributed by atoms with van der Waals surface area (Å²) in [6.07, 6.45) is 11.4. The van der Waals surface area contributed by atoms with Crippen molar-refractivity contribution < 1.29 is 4.79 Å². The number of rotatable bonds is 5. The lowest BCUT2D eigenvalue weighted by molar-refractivity contribution is -0.111. The maximum absolute atomic E-state index is 11.2. The van der Waals surface area contributed by atoms with Gasteiger partial charge < -0.3 is 0 Å². The van der Waals surface area contributed by atoms with Gasteiger partial charge in [0, 0.05) is 0 Å². The van der Waals surface area contributed by atoms with Gasteiger partial charge in [-0.25, -0.2) is 0 Å². The van der Waals surface area contributed by atoms with E-state index in [0.29, 0.717) is 0 Å². The highest BCUT2D eigenvalue weighted by Gasteiger charge is 1.95. The number of hydrogen-bond donors (Lipinski definition) is 0. The van der Waals surface area contributed by atoms with Crippen molar-refractivity contribution in [1.29, 1.82) is 0 Å². The summed E-state index contributed by atoms with van der Waals surface area (Å²) < 4.78 is 0. The number of carbonyl (C=O) groups is 1. The van der Waals surface area contributed by atoms with E-state index >= 15 is 0 Å². The fourth-order valence-electron chi connectivity index (χ4n) is 0.840. The van der Waals surface area contributed by atoms with Crippen LogP contribution in [0, 0.1) is 0 Å². The molecular formula is C12H18O. The first-order valence-corrected chi connectivity index (χ1v) is 4.72. The minimum atomic E-state index is 0.0867. The van der Waals surface area contributed by atoms with Gasteiger partial charge in [-0.1, -0.05) is 37.6 Å². The van der Waals surface area contributed by atoms with Crippen LogP contribution in [0.25, 0.3) is 0 Å². The predicted molar refractivity (Wildman–Crippen MR) is 57.6 cm³/mol. The first-order chi connectivity index (χ1) is 6.22. The van der Waals surface area contributed by atoms with Crippen LogP contribution in [0.5, 0.6) is 0 Å². The number of hydrogen-bond acceptors (Lipinski definition) is 1. The van der Waals surface area contributed by atoms with Crippen molar-refractivity contribution in [3.05, 3.63) is 36.0 Å². The monoisotopic (exact) mass is 178 g/mol. The van der Waals surface area contributed by atoms with Gasteiger partial charge in [-0.15, -0.1) is 0 Å². The van der Waals surface area contributed by atoms with Gasteiger partial charge in [0.15, 0.2) is 5.78 Å². The van der Waals surface area contributed by atoms with Crippen LogP contribution in [0.15, 0.2) is 36.0 Å². The Bertz CT molecular complexity index is 232. The van der Waals surface area contributed by atoms with Crippen molar-refractivity contribution in [1.82, 2.24) is 0 Å². The molecule has 13 heavy (non-hydrogen) atoms. The first-order valence-electron chi connectivity index (χ1n) is 4.72. The number of allylic oxidation sites excluding steroid dienone is 6. The molecule has 0 atom stereocenters. The maximum Gasteiger partial charge on any atom is 0.181 e. The fraction of sp³-hybridized carbons (Fsp3) is 0.417. The van der Waals surface area contributed by atoms with Gasteiger partial charge in [0.2, 0.25) is 0 Å². The smallest absolute Gasteiger partial charge is 0.181 e. The molecule has 0 amide bonds. The van der Waals surface area contributed by atoms with E-state index in [0.717, 1.165) is 18.4 Å². The van der Waals surface area contributed by atoms with Crippen LogP contribution in [0.2, 0.25) is 0 Å². The topological polar surface area (TPSA) is 17.1 Å². The van der Waals surface area contributed by atoms with E-state index in [-0.39, 0.29) is 5.78 Å². The number of ketones is 1. The van der Waals surface area contributed by atoms with Gasteiger partial charge in [0.1, 0.15) is 0 Å². The molecule has 0 aliphatic carbocycles. The average molecular weight is 178 g/mol. The van der Waals surface area contributed by atoms with Crippen molar-refractivity contribution >= 4 is 5.78 Å². The first kappa shape index (κ1) is 11.9. The molecule has 0 unspecified atom stereocenters. The van der Waals surface area contributed by atoms with Crippen molar-refractivity contribution in [2.24, 2.45) is 0 Å². The normalized spacial score (nSPS) is 13.0. The van der Waals surface area contributed by atoms with Gasteiger partial charge in [0.25, 0.3) is 0 Å². The molecular weight excluding hydrogens is 160 g/mol. The van der Waals surface area contributed by atoms with Crippen molar-refractivity contribution in [3.63, 3.8) is 0 Å². The van der Waals surface area contributed by atoms with E-state index in [1.807, 2.05) is 26.0 Å². The van der Waals surface area contributed by atoms with E-state index in [4.69, 9.17) is 0 Å². The Morgan fingerprint density at radius 1 is 1.38 bits per heavy atom. The predicted octanol–water partition coefficient (Wildman–Crippen LogP) is 3.43. The maximum atomic E-state index is 11.2. The Labute approximate surface area is 80.8 Å². The van der Waals surface area contributed by atoms with Crippen LogP contribution in [0.3, 0.4) is 0 Å². The van der Waals surface area contributed by atoms with E-state index in [1.165, 1.54) is 0 Å². The molecule has 0 aliphatic heterocycles. The standard InChI is InChI=1S/C12H18O/c1-4-6-7-8-10-11(3)12(13)9-5-2/h5,7-10H,4,6H2,1-3H3/b8-7-,9-5-,11-10-. The zero-order chi connectivity index (χ0) is 10.1. The van der Waals surface area contributed by atoms with E-state index in [1.54, 1.807) is 12.2 Å². The minimum Gasteiger partial charge on any atom is -0.290 e. The third kappa shape index (κ3) is 6.09. The quantitative estimate of drug-likeness (QED) is 0.465. The summed E-state index contributed by atoms with van der Waals surface area (Å²) in [5.74, 6) is 0.0867. The second-order valence-electron chi connectivity index (χ2n) is 2.93. The molecule has 0 fully saturated rings. The summed E-state index contributed by atoms with van der Waals surface area (Å²) in [7, 11) is 0. The lowest BCUT2D eigenvalue weighted by Crippen LogP contribution is -1.92. The fourth-order valence-corrected chi connectivity index (χ4v) is 0.840. The van der Waals surface area contributed by atoms with Crippen LogP contribution < -0.4 is 0 Å². The number of unbranched alkanes of at least 4 members (excludes halogenated alkanes) is 1. The molecule has 0 heterocycles. The summed E-state index contributed by atoms with van der Waals surface area (Å²) >= 11 is 0. The van der Waals surface area contributed by atoms with Crippen LogP contribution in [-0.4, -0.2) is 5.78 Å². The second-order valence-corrected chi connectivity index (χ2v) is 2.93. The lowest BCUT2D eigenvalue weighted by atomic mass is 10.1. The van der Waals surface area contributed by atoms with Crippen molar-refractivity contribution in [2.45, 2.75) is 33.6 Å². The average Bonchev–Trinajstić information content (AvgIpc) is 2.12. The Morgan fingerprint density at radius 2 is 2.08 bits per heavy atom. The molecule has 0 aromatic heterocycles. The zero-order valence-electron chi connectivity index (χ0n) is 8.71. The van der Waals surface area contributed by atoms with Crippen LogP contribution in [-0.2, 0) is 4.79 Å². The van der Waals surface area contributed by atoms with Crippen LogP contribution >= 0.6 is 0 Å². The molecule has 0 aromatic rings. The summed E-state index contributed by atoms with van der Waals surface area (Å²) in [5.41, 5.74) is 0.783. The minimum absolute atomic E-state index is 0.0867. The summed E-state index contributed by atoms with van der Waals surface area (Å²) in [6.45, 7) is 5.81. The van der Waals surface area contributed by atoms with Crippen LogP contribution in [0.1, 0.15) is 33.6 Å². The van der Waals surface area contributed by atoms with Gasteiger partial charge >= 0.3 is 0 Å². The summed E-state index contributed by atoms with van der Waals surface area (Å²) in [4.78, 5) is 11.2. The van der Waals surface area contributed by atoms with Crippen molar-refractivity contribution in [2.75, 3.05) is 0 Å². The molecule has 0 saturated carbocycles. The highest BCUT2D eigenvalue weighted by Crippen LogP contribution is 1.98. The molecule has 0 saturated heterocycles. The molecule has 0 aliphatic rings. The van der Waals surface area contributed by atoms with Crippen LogP contribution in [0.4, 0.5) is 0 Å². The molecule has 1 heteroatoms. The molecule has 0 spiro atoms. The Morgan fingerprint density at radius 3 is 2.62 bits per heavy atom. The summed E-state index contributed by atoms with van der Waals surface area (Å²) in [6, 6.07) is 0. The van der Waals surface area contributed by atoms with E-state index < -0.39 is 0 Å². The molecule has 1 nitrogen and oxygen atoms in total. The van der Waals surface area contributed by atoms with Crippen molar-refractivity contribution in [3.8, 4) is 0 Å². The van der Waals surface area contributed by atoms with E-state index in [2.05, 4.69) is 13.0 Å². The Balaban J connectivity index is 4.08. The molecule has 0 aromatic carbocycles. The van der Waals surface area contributed by atoms with Gasteiger partial charge in [-0.05, 0) is 31.9 Å². The highest BCUT2D eigenvalue weighted by atomic mass is 16.1. The largest absolute Gasteiger partial charge is 0.290 e. The third-order valence-corrected chi connectivity index (χ3v) is 1.64. The molecule has 0 bridgehead atoms. The third-order valence-electron chi connectivity index (χ3n) is 1.64. The molecule has 0 N–H and O–H groups in total. The van der Waals surface area contributed by atoms with Gasteiger partial charge in [-0.3, -0.25) is 4.79 Å². The lowest BCUT2D eigenvalue weighted by Gasteiger charge is -1.90.